The highest BCUT2D eigenvalue weighted by molar-refractivity contribution is 5.99. The highest BCUT2D eigenvalue weighted by atomic mass is 19.1. The van der Waals surface area contributed by atoms with Crippen molar-refractivity contribution >= 4 is 27.8 Å². The van der Waals surface area contributed by atoms with Crippen LogP contribution < -0.4 is 5.73 Å². The van der Waals surface area contributed by atoms with Gasteiger partial charge in [-0.1, -0.05) is 19.1 Å². The van der Waals surface area contributed by atoms with Crippen molar-refractivity contribution in [3.8, 4) is 11.5 Å². The minimum atomic E-state index is -0.405. The molecule has 1 amide bonds. The van der Waals surface area contributed by atoms with E-state index in [-0.39, 0.29) is 18.0 Å². The molecule has 3 atom stereocenters. The first-order chi connectivity index (χ1) is 19.4. The van der Waals surface area contributed by atoms with Crippen LogP contribution in [0.5, 0.6) is 0 Å². The van der Waals surface area contributed by atoms with Crippen molar-refractivity contribution in [3.63, 3.8) is 0 Å². The Kier molecular flexibility index (Phi) is 5.45. The number of benzene rings is 2. The number of aromatic nitrogens is 3. The van der Waals surface area contributed by atoms with E-state index in [1.165, 1.54) is 40.9 Å². The van der Waals surface area contributed by atoms with E-state index in [1.807, 2.05) is 16.5 Å². The Balaban J connectivity index is 1.24. The Morgan fingerprint density at radius 2 is 1.98 bits per heavy atom. The molecule has 2 saturated carbocycles. The zero-order valence-electron chi connectivity index (χ0n) is 23.4. The van der Waals surface area contributed by atoms with Gasteiger partial charge in [-0.25, -0.2) is 9.37 Å². The predicted molar refractivity (Wildman–Crippen MR) is 155 cm³/mol. The average molecular weight is 541 g/mol. The summed E-state index contributed by atoms with van der Waals surface area (Å²) in [5, 5.41) is 1.23. The number of halogens is 1. The summed E-state index contributed by atoms with van der Waals surface area (Å²) >= 11 is 0. The van der Waals surface area contributed by atoms with Crippen molar-refractivity contribution in [1.82, 2.24) is 23.9 Å². The molecule has 2 aliphatic carbocycles. The lowest BCUT2D eigenvalue weighted by atomic mass is 9.97. The van der Waals surface area contributed by atoms with Gasteiger partial charge >= 0.3 is 0 Å². The van der Waals surface area contributed by atoms with Crippen molar-refractivity contribution in [2.24, 2.45) is 24.6 Å². The normalized spacial score (nSPS) is 24.5. The number of hydrogen-bond donors (Lipinski definition) is 1. The molecule has 40 heavy (non-hydrogen) atoms. The number of carbonyl (C=O) groups excluding carboxylic acids is 1. The highest BCUT2D eigenvalue weighted by Crippen LogP contribution is 2.40. The molecule has 208 valence electrons. The number of aryl methyl sites for hydroxylation is 1. The number of likely N-dealkylation sites (N-methyl/N-ethyl adjacent to an activating group) is 1. The van der Waals surface area contributed by atoms with Gasteiger partial charge in [0.1, 0.15) is 11.3 Å². The van der Waals surface area contributed by atoms with Crippen molar-refractivity contribution < 1.29 is 9.18 Å². The minimum Gasteiger partial charge on any atom is -0.337 e. The van der Waals surface area contributed by atoms with E-state index < -0.39 is 5.82 Å². The predicted octanol–water partition coefficient (Wildman–Crippen LogP) is 4.68. The molecule has 2 aromatic carbocycles. The Hall–Kier alpha value is -3.23. The molecule has 1 saturated heterocycles. The van der Waals surface area contributed by atoms with Gasteiger partial charge in [0.2, 0.25) is 0 Å². The van der Waals surface area contributed by atoms with Crippen molar-refractivity contribution in [2.45, 2.75) is 64.2 Å². The molecule has 2 N–H and O–H groups in total. The average Bonchev–Trinajstić information content (AvgIpc) is 3.34. The fourth-order valence-corrected chi connectivity index (χ4v) is 7.79. The van der Waals surface area contributed by atoms with Gasteiger partial charge in [0.05, 0.1) is 16.7 Å². The van der Waals surface area contributed by atoms with Gasteiger partial charge in [0.25, 0.3) is 5.91 Å². The molecule has 4 aromatic rings. The van der Waals surface area contributed by atoms with Crippen LogP contribution in [0.15, 0.2) is 30.3 Å². The Bertz CT molecular complexity index is 1680. The number of rotatable bonds is 5. The first-order valence-electron chi connectivity index (χ1n) is 15.0. The molecule has 7 nitrogen and oxygen atoms in total. The number of likely N-dealkylation sites (tertiary alicyclic amines) is 1. The monoisotopic (exact) mass is 540 g/mol. The van der Waals surface area contributed by atoms with Crippen LogP contribution in [0, 0.1) is 17.7 Å². The third-order valence-electron chi connectivity index (χ3n) is 10.2. The van der Waals surface area contributed by atoms with Crippen molar-refractivity contribution in [3.05, 3.63) is 52.8 Å². The molecular weight excluding hydrogens is 503 g/mol. The molecule has 4 heterocycles. The summed E-state index contributed by atoms with van der Waals surface area (Å²) < 4.78 is 20.0. The zero-order chi connectivity index (χ0) is 27.3. The van der Waals surface area contributed by atoms with Gasteiger partial charge < -0.3 is 19.8 Å². The van der Waals surface area contributed by atoms with E-state index in [2.05, 4.69) is 34.6 Å². The molecule has 2 aliphatic heterocycles. The lowest BCUT2D eigenvalue weighted by molar-refractivity contribution is 0.0700. The van der Waals surface area contributed by atoms with Crippen molar-refractivity contribution in [2.75, 3.05) is 19.6 Å². The summed E-state index contributed by atoms with van der Waals surface area (Å²) in [7, 11) is 1.89. The van der Waals surface area contributed by atoms with Gasteiger partial charge in [0, 0.05) is 56.3 Å². The minimum absolute atomic E-state index is 0.0307. The number of imidazole rings is 1. The molecule has 0 spiro atoms. The second-order valence-corrected chi connectivity index (χ2v) is 12.6. The number of amides is 1. The summed E-state index contributed by atoms with van der Waals surface area (Å²) in [6.45, 7) is 6.98. The summed E-state index contributed by atoms with van der Waals surface area (Å²) in [5.41, 5.74) is 12.9. The number of nitrogens with zero attached hydrogens (tertiary/aromatic N) is 5. The fourth-order valence-electron chi connectivity index (χ4n) is 7.79. The van der Waals surface area contributed by atoms with E-state index in [0.717, 1.165) is 57.0 Å². The Labute approximate surface area is 233 Å². The summed E-state index contributed by atoms with van der Waals surface area (Å²) in [6.07, 6.45) is 5.55. The van der Waals surface area contributed by atoms with Gasteiger partial charge in [-0.05, 0) is 79.8 Å². The number of nitrogens with two attached hydrogens (primary N) is 1. The molecule has 0 radical (unpaired) electrons. The molecule has 4 aliphatic rings. The van der Waals surface area contributed by atoms with E-state index in [4.69, 9.17) is 10.7 Å². The van der Waals surface area contributed by atoms with Crippen LogP contribution in [-0.2, 0) is 26.6 Å². The molecule has 2 bridgehead atoms. The van der Waals surface area contributed by atoms with Crippen LogP contribution >= 0.6 is 0 Å². The largest absolute Gasteiger partial charge is 0.337 e. The highest BCUT2D eigenvalue weighted by Gasteiger charge is 2.47. The smallest absolute Gasteiger partial charge is 0.254 e. The Morgan fingerprint density at radius 1 is 1.12 bits per heavy atom. The van der Waals surface area contributed by atoms with E-state index in [9.17, 15) is 4.79 Å². The van der Waals surface area contributed by atoms with Crippen LogP contribution in [0.3, 0.4) is 0 Å². The molecule has 3 fully saturated rings. The molecular formula is C32H37FN6O. The number of piperidine rings is 1. The molecule has 0 unspecified atom stereocenters. The third kappa shape index (κ3) is 3.61. The quantitative estimate of drug-likeness (QED) is 0.399. The van der Waals surface area contributed by atoms with Crippen LogP contribution in [-0.4, -0.2) is 61.5 Å². The summed E-state index contributed by atoms with van der Waals surface area (Å²) in [6, 6.07) is 10.0. The first kappa shape index (κ1) is 24.6. The maximum atomic E-state index is 15.7. The maximum Gasteiger partial charge on any atom is 0.254 e. The molecule has 8 rings (SSSR count). The maximum absolute atomic E-state index is 15.7. The van der Waals surface area contributed by atoms with Gasteiger partial charge in [-0.15, -0.1) is 0 Å². The van der Waals surface area contributed by atoms with E-state index >= 15 is 4.39 Å². The lowest BCUT2D eigenvalue weighted by Crippen LogP contribution is -2.41. The molecule has 8 heteroatoms. The van der Waals surface area contributed by atoms with Crippen molar-refractivity contribution in [1.29, 1.82) is 0 Å². The van der Waals surface area contributed by atoms with Crippen LogP contribution in [0.2, 0.25) is 0 Å². The first-order valence-corrected chi connectivity index (χ1v) is 15.0. The fraction of sp³-hybridized carbons (Fsp3) is 0.500. The van der Waals surface area contributed by atoms with Crippen LogP contribution in [0.1, 0.15) is 54.1 Å². The number of hydrogen-bond acceptors (Lipinski definition) is 4. The standard InChI is InChI=1S/C32H37FN6O/c1-3-37-11-10-23-20(16-37)7-6-19-14-27(38(29(19)23)15-18-4-5-18)31-35-25-13-22(12-24(33)30(25)36(31)2)32(40)39-17-21-8-9-26(39)28(21)34/h6-7,12-14,18,21,26,28H,3-5,8-11,15-17,34H2,1-2H3/t21-,26-,28-/m1/s1. The lowest BCUT2D eigenvalue weighted by Gasteiger charge is -2.28. The zero-order valence-corrected chi connectivity index (χ0v) is 23.4. The Morgan fingerprint density at radius 3 is 2.70 bits per heavy atom. The van der Waals surface area contributed by atoms with E-state index in [1.54, 1.807) is 6.07 Å². The number of fused-ring (bicyclic) bond motifs is 6. The number of carbonyl (C=O) groups is 1. The van der Waals surface area contributed by atoms with E-state index in [0.29, 0.717) is 35.0 Å². The second-order valence-electron chi connectivity index (χ2n) is 12.6. The topological polar surface area (TPSA) is 72.3 Å². The van der Waals surface area contributed by atoms with Crippen LogP contribution in [0.25, 0.3) is 33.5 Å². The summed E-state index contributed by atoms with van der Waals surface area (Å²) in [4.78, 5) is 22.8. The SMILES string of the molecule is CCN1CCc2c(ccc3cc(-c4nc5cc(C(=O)N6C[C@H]7CC[C@@H]6[C@@H]7N)cc(F)c5n4C)n(CC4CC4)c23)C1. The molecule has 2 aromatic heterocycles. The van der Waals surface area contributed by atoms with Gasteiger partial charge in [-0.3, -0.25) is 9.69 Å². The second kappa shape index (κ2) is 8.88. The third-order valence-corrected chi connectivity index (χ3v) is 10.2. The summed E-state index contributed by atoms with van der Waals surface area (Å²) in [5.74, 6) is 1.24. The van der Waals surface area contributed by atoms with Crippen LogP contribution in [0.4, 0.5) is 4.39 Å². The van der Waals surface area contributed by atoms with Gasteiger partial charge in [-0.2, -0.15) is 0 Å². The van der Waals surface area contributed by atoms with Gasteiger partial charge in [0.15, 0.2) is 5.82 Å².